The molecule has 90 valence electrons. The van der Waals surface area contributed by atoms with E-state index in [9.17, 15) is 13.7 Å². The zero-order valence-corrected chi connectivity index (χ0v) is 9.80. The standard InChI is InChI=1S/Li.H5O10P3.H2O.H/c;1-11(2,3)9-13(7,8)10-12(4,5)6;;/h;(H,7,8)(H2,1,2,3)(H2,4,5,6);1H2;/q+1;;;-1. The van der Waals surface area contributed by atoms with E-state index in [1.807, 2.05) is 0 Å². The van der Waals surface area contributed by atoms with Crippen LogP contribution in [0.25, 0.3) is 0 Å². The van der Waals surface area contributed by atoms with E-state index in [1.165, 1.54) is 0 Å². The van der Waals surface area contributed by atoms with Gasteiger partial charge in [0, 0.05) is 0 Å². The molecule has 15 heavy (non-hydrogen) atoms. The molecule has 0 spiro atoms. The topological polar surface area (TPSA) is 202 Å². The van der Waals surface area contributed by atoms with Crippen molar-refractivity contribution >= 4 is 23.5 Å². The molecule has 11 nitrogen and oxygen atoms in total. The Morgan fingerprint density at radius 2 is 1.00 bits per heavy atom. The summed E-state index contributed by atoms with van der Waals surface area (Å²) in [6, 6.07) is 0. The Kier molecular flexibility index (Phi) is 9.42. The van der Waals surface area contributed by atoms with Crippen molar-refractivity contribution in [2.75, 3.05) is 0 Å². The molecule has 0 aliphatic rings. The first-order chi connectivity index (χ1) is 5.41. The maximum Gasteiger partial charge on any atom is 1.00 e. The molecular weight excluding hydrogens is 276 g/mol. The SMILES string of the molecule is O.O=P(O)(O)OP(=O)(O)OP(=O)(O)O.[H-].[Li+]. The Labute approximate surface area is 96.5 Å². The third-order valence-electron chi connectivity index (χ3n) is 0.419. The van der Waals surface area contributed by atoms with Crippen molar-refractivity contribution in [3.8, 4) is 0 Å². The molecule has 0 rings (SSSR count). The largest absolute Gasteiger partial charge is 1.00 e. The third kappa shape index (κ3) is 15.0. The molecule has 7 N–H and O–H groups in total. The van der Waals surface area contributed by atoms with Crippen LogP contribution in [0.2, 0.25) is 0 Å². The van der Waals surface area contributed by atoms with E-state index in [4.69, 9.17) is 24.5 Å². The summed E-state index contributed by atoms with van der Waals surface area (Å²) in [5.41, 5.74) is 0. The van der Waals surface area contributed by atoms with E-state index in [0.29, 0.717) is 0 Å². The zero-order chi connectivity index (χ0) is 10.9. The van der Waals surface area contributed by atoms with Gasteiger partial charge < -0.3 is 31.4 Å². The Bertz CT molecular complexity index is 283. The number of rotatable bonds is 4. The first-order valence-electron chi connectivity index (χ1n) is 2.28. The summed E-state index contributed by atoms with van der Waals surface area (Å²) in [7, 11) is -16.2. The third-order valence-corrected chi connectivity index (χ3v) is 3.77. The van der Waals surface area contributed by atoms with Gasteiger partial charge in [0.15, 0.2) is 0 Å². The van der Waals surface area contributed by atoms with Gasteiger partial charge in [0.1, 0.15) is 0 Å². The Morgan fingerprint density at radius 1 is 0.800 bits per heavy atom. The van der Waals surface area contributed by atoms with Gasteiger partial charge in [-0.25, -0.2) is 13.7 Å². The summed E-state index contributed by atoms with van der Waals surface area (Å²) >= 11 is 0. The van der Waals surface area contributed by atoms with Gasteiger partial charge in [-0.05, 0) is 0 Å². The van der Waals surface area contributed by atoms with E-state index in [1.54, 1.807) is 0 Å². The van der Waals surface area contributed by atoms with Gasteiger partial charge in [-0.15, -0.1) is 0 Å². The smallest absolute Gasteiger partial charge is 1.00 e. The molecule has 0 unspecified atom stereocenters. The molecule has 0 aromatic carbocycles. The van der Waals surface area contributed by atoms with Crippen LogP contribution >= 0.6 is 23.5 Å². The van der Waals surface area contributed by atoms with Crippen molar-refractivity contribution in [2.24, 2.45) is 0 Å². The maximum atomic E-state index is 10.4. The fourth-order valence-electron chi connectivity index (χ4n) is 0.284. The van der Waals surface area contributed by atoms with Crippen LogP contribution in [0.5, 0.6) is 0 Å². The molecule has 0 bridgehead atoms. The van der Waals surface area contributed by atoms with E-state index < -0.39 is 23.5 Å². The molecule has 0 heterocycles. The van der Waals surface area contributed by atoms with Gasteiger partial charge in [-0.3, -0.25) is 0 Å². The number of hydrogen-bond acceptors (Lipinski definition) is 5. The molecule has 15 heteroatoms. The van der Waals surface area contributed by atoms with Crippen LogP contribution in [-0.2, 0) is 22.3 Å². The minimum Gasteiger partial charge on any atom is -1.00 e. The normalized spacial score (nSPS) is 12.6. The van der Waals surface area contributed by atoms with E-state index in [0.717, 1.165) is 0 Å². The summed E-state index contributed by atoms with van der Waals surface area (Å²) < 4.78 is 36.4. The van der Waals surface area contributed by atoms with Crippen LogP contribution in [0.4, 0.5) is 0 Å². The summed E-state index contributed by atoms with van der Waals surface area (Å²) in [5, 5.41) is 0. The summed E-state index contributed by atoms with van der Waals surface area (Å²) in [5.74, 6) is 0. The fraction of sp³-hybridized carbons (Fsp3) is 0. The minimum atomic E-state index is -5.46. The van der Waals surface area contributed by atoms with Crippen molar-refractivity contribution in [1.82, 2.24) is 0 Å². The van der Waals surface area contributed by atoms with Gasteiger partial charge in [-0.2, -0.15) is 8.62 Å². The second-order valence-electron chi connectivity index (χ2n) is 1.61. The summed E-state index contributed by atoms with van der Waals surface area (Å²) in [6.45, 7) is 0. The van der Waals surface area contributed by atoms with Gasteiger partial charge in [0.2, 0.25) is 0 Å². The second-order valence-corrected chi connectivity index (χ2v) is 5.82. The van der Waals surface area contributed by atoms with Gasteiger partial charge >= 0.3 is 42.3 Å². The molecule has 0 atom stereocenters. The van der Waals surface area contributed by atoms with E-state index in [2.05, 4.69) is 8.62 Å². The minimum absolute atomic E-state index is 0. The van der Waals surface area contributed by atoms with Gasteiger partial charge in [0.05, 0.1) is 0 Å². The molecule has 0 fully saturated rings. The Hall–Kier alpha value is 0.967. The Morgan fingerprint density at radius 3 is 1.13 bits per heavy atom. The number of phosphoric acid groups is 3. The first-order valence-corrected chi connectivity index (χ1v) is 6.83. The average Bonchev–Trinajstić information content (AvgIpc) is 1.43. The summed E-state index contributed by atoms with van der Waals surface area (Å²) in [4.78, 5) is 40.2. The molecule has 0 saturated heterocycles. The zero-order valence-electron chi connectivity index (χ0n) is 8.12. The molecule has 0 aliphatic heterocycles. The average molecular weight is 284 g/mol. The molecule has 0 amide bonds. The van der Waals surface area contributed by atoms with Crippen LogP contribution in [0.1, 0.15) is 1.43 Å². The van der Waals surface area contributed by atoms with Crippen LogP contribution in [0, 0.1) is 0 Å². The van der Waals surface area contributed by atoms with Crippen molar-refractivity contribution in [3.63, 3.8) is 0 Å². The molecule has 0 aliphatic carbocycles. The summed E-state index contributed by atoms with van der Waals surface area (Å²) in [6.07, 6.45) is 0. The van der Waals surface area contributed by atoms with Crippen molar-refractivity contribution < 1.29 is 72.5 Å². The first kappa shape index (κ1) is 21.3. The molecule has 0 aromatic rings. The number of hydrogen-bond donors (Lipinski definition) is 5. The van der Waals surface area contributed by atoms with Crippen LogP contribution in [0.3, 0.4) is 0 Å². The molecule has 0 radical (unpaired) electrons. The molecule has 0 saturated carbocycles. The Balaban J connectivity index is -0.000000240. The van der Waals surface area contributed by atoms with Crippen molar-refractivity contribution in [1.29, 1.82) is 0 Å². The van der Waals surface area contributed by atoms with Gasteiger partial charge in [0.25, 0.3) is 0 Å². The predicted octanol–water partition coefficient (Wildman–Crippen LogP) is -4.40. The van der Waals surface area contributed by atoms with E-state index in [-0.39, 0.29) is 25.8 Å². The van der Waals surface area contributed by atoms with Crippen molar-refractivity contribution in [2.45, 2.75) is 0 Å². The quantitative estimate of drug-likeness (QED) is 0.247. The van der Waals surface area contributed by atoms with Crippen LogP contribution in [-0.4, -0.2) is 29.9 Å². The van der Waals surface area contributed by atoms with Gasteiger partial charge in [-0.1, -0.05) is 0 Å². The van der Waals surface area contributed by atoms with Crippen molar-refractivity contribution in [3.05, 3.63) is 0 Å². The van der Waals surface area contributed by atoms with E-state index >= 15 is 0 Å². The predicted molar refractivity (Wildman–Crippen MR) is 40.8 cm³/mol. The maximum absolute atomic E-state index is 10.4. The monoisotopic (exact) mass is 284 g/mol. The molecule has 0 aromatic heterocycles. The second kappa shape index (κ2) is 6.64. The fourth-order valence-corrected chi connectivity index (χ4v) is 2.82. The van der Waals surface area contributed by atoms with Crippen LogP contribution in [0.15, 0.2) is 0 Å². The molecular formula is H8LiO11P3. The van der Waals surface area contributed by atoms with Crippen LogP contribution < -0.4 is 18.9 Å².